The number of carbonyl (C=O) groups excluding carboxylic acids is 1. The lowest BCUT2D eigenvalue weighted by molar-refractivity contribution is -0.119. The van der Waals surface area contributed by atoms with Gasteiger partial charge in [-0.3, -0.25) is 14.6 Å². The van der Waals surface area contributed by atoms with Crippen LogP contribution in [0.1, 0.15) is 25.2 Å². The molecule has 0 bridgehead atoms. The molecule has 1 aliphatic rings. The van der Waals surface area contributed by atoms with Crippen LogP contribution >= 0.6 is 11.8 Å². The summed E-state index contributed by atoms with van der Waals surface area (Å²) in [5, 5.41) is 4.19. The Labute approximate surface area is 206 Å². The van der Waals surface area contributed by atoms with Crippen LogP contribution in [0.4, 0.5) is 5.82 Å². The molecule has 1 aromatic heterocycles. The molecular weight excluding hydrogens is 444 g/mol. The summed E-state index contributed by atoms with van der Waals surface area (Å²) in [7, 11) is 0. The highest BCUT2D eigenvalue weighted by Gasteiger charge is 2.23. The monoisotopic (exact) mass is 478 g/mol. The lowest BCUT2D eigenvalue weighted by atomic mass is 10.0. The van der Waals surface area contributed by atoms with Gasteiger partial charge in [-0.1, -0.05) is 44.2 Å². The van der Waals surface area contributed by atoms with Gasteiger partial charge in [0.2, 0.25) is 5.91 Å². The van der Waals surface area contributed by atoms with Gasteiger partial charge in [-0.25, -0.2) is 9.97 Å². The van der Waals surface area contributed by atoms with E-state index in [0.717, 1.165) is 49.5 Å². The summed E-state index contributed by atoms with van der Waals surface area (Å²) in [6.45, 7) is 9.57. The Bertz CT molecular complexity index is 1130. The Kier molecular flexibility index (Phi) is 8.03. The number of fused-ring (bicyclic) bond motifs is 1. The summed E-state index contributed by atoms with van der Waals surface area (Å²) in [5.74, 6) is 1.11. The highest BCUT2D eigenvalue weighted by Crippen LogP contribution is 2.24. The fourth-order valence-electron chi connectivity index (χ4n) is 4.40. The number of nitrogens with one attached hydrogen (secondary N) is 1. The van der Waals surface area contributed by atoms with E-state index in [2.05, 4.69) is 45.6 Å². The number of anilines is 1. The number of carbonyl (C=O) groups is 1. The third-order valence-electron chi connectivity index (χ3n) is 6.33. The first-order valence-electron chi connectivity index (χ1n) is 11.8. The molecule has 1 amide bonds. The summed E-state index contributed by atoms with van der Waals surface area (Å²) < 4.78 is 0. The predicted molar refractivity (Wildman–Crippen MR) is 140 cm³/mol. The molecule has 1 saturated heterocycles. The third-order valence-corrected chi connectivity index (χ3v) is 7.17. The molecule has 1 atom stereocenters. The van der Waals surface area contributed by atoms with Gasteiger partial charge in [0, 0.05) is 43.0 Å². The third kappa shape index (κ3) is 5.87. The Morgan fingerprint density at radius 3 is 2.32 bits per heavy atom. The van der Waals surface area contributed by atoms with E-state index in [-0.39, 0.29) is 11.8 Å². The van der Waals surface area contributed by atoms with Crippen molar-refractivity contribution in [3.05, 3.63) is 59.9 Å². The smallest absolute Gasteiger partial charge is 0.240 e. The van der Waals surface area contributed by atoms with Crippen molar-refractivity contribution in [3.63, 3.8) is 0 Å². The molecular formula is C26H34N6OS. The summed E-state index contributed by atoms with van der Waals surface area (Å²) >= 11 is 1.81. The zero-order valence-corrected chi connectivity index (χ0v) is 21.0. The summed E-state index contributed by atoms with van der Waals surface area (Å²) in [4.78, 5) is 27.9. The Balaban J connectivity index is 1.45. The SMILES string of the molecule is CSc1ccccc1CN1CCN(Cc2nc(N[C@H](C(N)=O)C(C)C)c3ccccc3n2)CC1. The Hall–Kier alpha value is -2.68. The van der Waals surface area contributed by atoms with Gasteiger partial charge in [-0.2, -0.15) is 0 Å². The molecule has 4 rings (SSSR count). The molecule has 3 N–H and O–H groups in total. The van der Waals surface area contributed by atoms with Gasteiger partial charge >= 0.3 is 0 Å². The van der Waals surface area contributed by atoms with Crippen LogP contribution in [0.5, 0.6) is 0 Å². The first kappa shape index (κ1) is 24.4. The first-order valence-corrected chi connectivity index (χ1v) is 13.0. The van der Waals surface area contributed by atoms with Crippen LogP contribution in [-0.2, 0) is 17.9 Å². The number of amides is 1. The number of hydrogen-bond donors (Lipinski definition) is 2. The lowest BCUT2D eigenvalue weighted by Gasteiger charge is -2.34. The number of piperazine rings is 1. The van der Waals surface area contributed by atoms with Crippen LogP contribution in [0.25, 0.3) is 10.9 Å². The van der Waals surface area contributed by atoms with Crippen LogP contribution in [0, 0.1) is 5.92 Å². The van der Waals surface area contributed by atoms with Gasteiger partial charge in [-0.15, -0.1) is 11.8 Å². The Morgan fingerprint density at radius 2 is 1.65 bits per heavy atom. The van der Waals surface area contributed by atoms with Gasteiger partial charge in [0.15, 0.2) is 0 Å². The topological polar surface area (TPSA) is 87.4 Å². The average molecular weight is 479 g/mol. The highest BCUT2D eigenvalue weighted by atomic mass is 32.2. The van der Waals surface area contributed by atoms with Gasteiger partial charge < -0.3 is 11.1 Å². The molecule has 34 heavy (non-hydrogen) atoms. The van der Waals surface area contributed by atoms with E-state index in [1.165, 1.54) is 10.5 Å². The zero-order chi connectivity index (χ0) is 24.1. The minimum atomic E-state index is -0.487. The largest absolute Gasteiger partial charge is 0.368 e. The van der Waals surface area contributed by atoms with Crippen LogP contribution in [0.3, 0.4) is 0 Å². The second-order valence-electron chi connectivity index (χ2n) is 9.14. The quantitative estimate of drug-likeness (QED) is 0.455. The molecule has 7 nitrogen and oxygen atoms in total. The standard InChI is InChI=1S/C26H34N6OS/c1-18(2)24(25(27)33)30-26-20-9-5-6-10-21(20)28-23(29-26)17-32-14-12-31(13-15-32)16-19-8-4-7-11-22(19)34-3/h4-11,18,24H,12-17H2,1-3H3,(H2,27,33)(H,28,29,30)/t24-/m0/s1. The van der Waals surface area contributed by atoms with Crippen molar-refractivity contribution in [1.82, 2.24) is 19.8 Å². The first-order chi connectivity index (χ1) is 16.4. The molecule has 2 heterocycles. The van der Waals surface area contributed by atoms with Crippen LogP contribution in [-0.4, -0.2) is 64.2 Å². The van der Waals surface area contributed by atoms with E-state index in [9.17, 15) is 4.79 Å². The maximum absolute atomic E-state index is 12.0. The molecule has 3 aromatic rings. The summed E-state index contributed by atoms with van der Waals surface area (Å²) in [6.07, 6.45) is 2.14. The minimum absolute atomic E-state index is 0.0546. The van der Waals surface area contributed by atoms with E-state index in [4.69, 9.17) is 15.7 Å². The van der Waals surface area contributed by atoms with Crippen molar-refractivity contribution >= 4 is 34.4 Å². The Morgan fingerprint density at radius 1 is 1.00 bits per heavy atom. The molecule has 0 radical (unpaired) electrons. The van der Waals surface area contributed by atoms with Crippen molar-refractivity contribution in [1.29, 1.82) is 0 Å². The van der Waals surface area contributed by atoms with Gasteiger partial charge in [0.25, 0.3) is 0 Å². The van der Waals surface area contributed by atoms with E-state index in [1.54, 1.807) is 0 Å². The fraction of sp³-hybridized carbons (Fsp3) is 0.423. The van der Waals surface area contributed by atoms with Crippen LogP contribution < -0.4 is 11.1 Å². The van der Waals surface area contributed by atoms with E-state index in [0.29, 0.717) is 12.4 Å². The van der Waals surface area contributed by atoms with Crippen molar-refractivity contribution in [2.75, 3.05) is 37.8 Å². The number of benzene rings is 2. The molecule has 0 spiro atoms. The number of para-hydroxylation sites is 1. The predicted octanol–water partition coefficient (Wildman–Crippen LogP) is 3.59. The second-order valence-corrected chi connectivity index (χ2v) is 9.99. The average Bonchev–Trinajstić information content (AvgIpc) is 2.83. The molecule has 0 unspecified atom stereocenters. The fourth-order valence-corrected chi connectivity index (χ4v) is 5.01. The van der Waals surface area contributed by atoms with E-state index < -0.39 is 6.04 Å². The lowest BCUT2D eigenvalue weighted by Crippen LogP contribution is -2.45. The van der Waals surface area contributed by atoms with Gasteiger partial charge in [0.1, 0.15) is 17.7 Å². The number of primary amides is 1. The second kappa shape index (κ2) is 11.2. The number of aromatic nitrogens is 2. The highest BCUT2D eigenvalue weighted by molar-refractivity contribution is 7.98. The molecule has 8 heteroatoms. The van der Waals surface area contributed by atoms with Crippen molar-refractivity contribution in [3.8, 4) is 0 Å². The van der Waals surface area contributed by atoms with E-state index >= 15 is 0 Å². The van der Waals surface area contributed by atoms with Gasteiger partial charge in [-0.05, 0) is 35.9 Å². The van der Waals surface area contributed by atoms with Crippen molar-refractivity contribution in [2.24, 2.45) is 11.7 Å². The molecule has 1 aliphatic heterocycles. The summed E-state index contributed by atoms with van der Waals surface area (Å²) in [5.41, 5.74) is 7.91. The van der Waals surface area contributed by atoms with E-state index in [1.807, 2.05) is 49.9 Å². The van der Waals surface area contributed by atoms with Crippen LogP contribution in [0.2, 0.25) is 0 Å². The number of rotatable bonds is 9. The maximum Gasteiger partial charge on any atom is 0.240 e. The molecule has 180 valence electrons. The number of hydrogen-bond acceptors (Lipinski definition) is 7. The molecule has 2 aromatic carbocycles. The molecule has 0 aliphatic carbocycles. The van der Waals surface area contributed by atoms with Gasteiger partial charge in [0.05, 0.1) is 12.1 Å². The zero-order valence-electron chi connectivity index (χ0n) is 20.2. The normalized spacial score (nSPS) is 16.1. The summed E-state index contributed by atoms with van der Waals surface area (Å²) in [6, 6.07) is 16.1. The van der Waals surface area contributed by atoms with Crippen molar-refractivity contribution in [2.45, 2.75) is 37.9 Å². The minimum Gasteiger partial charge on any atom is -0.368 e. The number of thioether (sulfide) groups is 1. The van der Waals surface area contributed by atoms with Crippen LogP contribution in [0.15, 0.2) is 53.4 Å². The molecule has 0 saturated carbocycles. The van der Waals surface area contributed by atoms with Crippen molar-refractivity contribution < 1.29 is 4.79 Å². The molecule has 1 fully saturated rings. The number of nitrogens with two attached hydrogens (primary N) is 1. The number of nitrogens with zero attached hydrogens (tertiary/aromatic N) is 4. The maximum atomic E-state index is 12.0.